The Balaban J connectivity index is 1.48. The molecule has 0 aliphatic heterocycles. The number of aliphatic hydroxyl groups excluding tert-OH is 1. The van der Waals surface area contributed by atoms with Gasteiger partial charge in [-0.05, 0) is 118 Å². The Hall–Kier alpha value is -0.340. The van der Waals surface area contributed by atoms with Gasteiger partial charge in [0.25, 0.3) is 0 Å². The zero-order valence-electron chi connectivity index (χ0n) is 19.7. The smallest absolute Gasteiger partial charge is 0.0657 e. The summed E-state index contributed by atoms with van der Waals surface area (Å²) >= 11 is 0. The van der Waals surface area contributed by atoms with Crippen LogP contribution in [-0.2, 0) is 0 Å². The van der Waals surface area contributed by atoms with E-state index in [4.69, 9.17) is 0 Å². The highest BCUT2D eigenvalue weighted by Crippen LogP contribution is 2.67. The SMILES string of the molecule is CC(C)CCC(O)C[C@H]1CCC2[C@@H]3CC=C4C[C@@](C)(O)CCC4(C)C3CCC21C. The van der Waals surface area contributed by atoms with Crippen LogP contribution in [0.15, 0.2) is 11.6 Å². The lowest BCUT2D eigenvalue weighted by molar-refractivity contribution is -0.0692. The summed E-state index contributed by atoms with van der Waals surface area (Å²) in [4.78, 5) is 0. The van der Waals surface area contributed by atoms with Gasteiger partial charge in [0.2, 0.25) is 0 Å². The molecule has 0 amide bonds. The third kappa shape index (κ3) is 3.86. The lowest BCUT2D eigenvalue weighted by Gasteiger charge is -2.59. The molecule has 0 aromatic rings. The predicted molar refractivity (Wildman–Crippen MR) is 121 cm³/mol. The van der Waals surface area contributed by atoms with E-state index in [0.717, 1.165) is 56.3 Å². The summed E-state index contributed by atoms with van der Waals surface area (Å²) < 4.78 is 0. The van der Waals surface area contributed by atoms with Crippen LogP contribution in [-0.4, -0.2) is 21.9 Å². The molecule has 4 aliphatic carbocycles. The minimum absolute atomic E-state index is 0.105. The first-order chi connectivity index (χ1) is 13.6. The summed E-state index contributed by atoms with van der Waals surface area (Å²) in [6.45, 7) is 11.7. The van der Waals surface area contributed by atoms with E-state index in [0.29, 0.717) is 22.7 Å². The first-order valence-electron chi connectivity index (χ1n) is 12.6. The van der Waals surface area contributed by atoms with Crippen LogP contribution in [0, 0.1) is 40.4 Å². The van der Waals surface area contributed by atoms with Gasteiger partial charge in [-0.15, -0.1) is 0 Å². The number of rotatable bonds is 5. The van der Waals surface area contributed by atoms with Crippen molar-refractivity contribution in [1.82, 2.24) is 0 Å². The van der Waals surface area contributed by atoms with E-state index in [1.807, 2.05) is 6.92 Å². The van der Waals surface area contributed by atoms with Crippen molar-refractivity contribution in [2.45, 2.75) is 117 Å². The van der Waals surface area contributed by atoms with E-state index in [1.165, 1.54) is 32.1 Å². The lowest BCUT2D eigenvalue weighted by Crippen LogP contribution is -2.51. The molecule has 0 heterocycles. The summed E-state index contributed by atoms with van der Waals surface area (Å²) in [5.41, 5.74) is 1.83. The van der Waals surface area contributed by atoms with Crippen LogP contribution in [0.2, 0.25) is 0 Å². The second-order valence-corrected chi connectivity index (χ2v) is 12.6. The molecular formula is C27H46O2. The fourth-order valence-corrected chi connectivity index (χ4v) is 8.27. The van der Waals surface area contributed by atoms with Gasteiger partial charge >= 0.3 is 0 Å². The largest absolute Gasteiger partial charge is 0.393 e. The van der Waals surface area contributed by atoms with Crippen LogP contribution in [0.25, 0.3) is 0 Å². The number of hydrogen-bond acceptors (Lipinski definition) is 2. The normalized spacial score (nSPS) is 47.9. The molecule has 0 spiro atoms. The van der Waals surface area contributed by atoms with Gasteiger partial charge in [0, 0.05) is 0 Å². The average Bonchev–Trinajstić information content (AvgIpc) is 2.97. The molecule has 8 atom stereocenters. The lowest BCUT2D eigenvalue weighted by atomic mass is 9.46. The summed E-state index contributed by atoms with van der Waals surface area (Å²) in [6.07, 6.45) is 15.2. The molecule has 0 saturated heterocycles. The molecule has 2 nitrogen and oxygen atoms in total. The minimum atomic E-state index is -0.494. The molecule has 29 heavy (non-hydrogen) atoms. The fraction of sp³-hybridized carbons (Fsp3) is 0.926. The van der Waals surface area contributed by atoms with Gasteiger partial charge < -0.3 is 10.2 Å². The van der Waals surface area contributed by atoms with Crippen LogP contribution >= 0.6 is 0 Å². The standard InChI is InChI=1S/C27H46O2/c1-18(2)6-9-21(28)16-19-8-11-23-22-10-7-20-17-25(3,29)14-15-27(20,5)24(22)12-13-26(19,23)4/h7,18-19,21-24,28-29H,6,8-17H2,1-5H3/t19-,21?,22+,23?,24?,25+,26?,27?/m1/s1. The molecule has 2 N–H and O–H groups in total. The van der Waals surface area contributed by atoms with Crippen LogP contribution in [0.1, 0.15) is 105 Å². The average molecular weight is 403 g/mol. The maximum Gasteiger partial charge on any atom is 0.0657 e. The van der Waals surface area contributed by atoms with E-state index < -0.39 is 5.60 Å². The maximum absolute atomic E-state index is 10.7. The summed E-state index contributed by atoms with van der Waals surface area (Å²) in [6, 6.07) is 0. The molecule has 0 aromatic heterocycles. The van der Waals surface area contributed by atoms with Crippen molar-refractivity contribution >= 4 is 0 Å². The number of allylic oxidation sites excluding steroid dienone is 1. The monoisotopic (exact) mass is 402 g/mol. The van der Waals surface area contributed by atoms with Crippen molar-refractivity contribution in [1.29, 1.82) is 0 Å². The summed E-state index contributed by atoms with van der Waals surface area (Å²) in [5, 5.41) is 21.4. The van der Waals surface area contributed by atoms with Crippen LogP contribution in [0.4, 0.5) is 0 Å². The van der Waals surface area contributed by atoms with Crippen molar-refractivity contribution in [2.24, 2.45) is 40.4 Å². The summed E-state index contributed by atoms with van der Waals surface area (Å²) in [5.74, 6) is 3.86. The van der Waals surface area contributed by atoms with Gasteiger partial charge in [-0.3, -0.25) is 0 Å². The first-order valence-corrected chi connectivity index (χ1v) is 12.6. The highest BCUT2D eigenvalue weighted by Gasteiger charge is 2.59. The third-order valence-electron chi connectivity index (χ3n) is 10.2. The number of hydrogen-bond donors (Lipinski definition) is 2. The van der Waals surface area contributed by atoms with Gasteiger partial charge in [-0.2, -0.15) is 0 Å². The molecule has 4 rings (SSSR count). The predicted octanol–water partition coefficient (Wildman–Crippen LogP) is 6.50. The molecule has 0 bridgehead atoms. The van der Waals surface area contributed by atoms with Crippen LogP contribution < -0.4 is 0 Å². The Labute approximate surface area is 179 Å². The molecule has 3 saturated carbocycles. The second-order valence-electron chi connectivity index (χ2n) is 12.6. The van der Waals surface area contributed by atoms with Gasteiger partial charge in [0.05, 0.1) is 11.7 Å². The van der Waals surface area contributed by atoms with Crippen LogP contribution in [0.5, 0.6) is 0 Å². The minimum Gasteiger partial charge on any atom is -0.393 e. The molecule has 0 aromatic carbocycles. The van der Waals surface area contributed by atoms with Crippen molar-refractivity contribution in [2.75, 3.05) is 0 Å². The van der Waals surface area contributed by atoms with Crippen molar-refractivity contribution in [3.63, 3.8) is 0 Å². The molecule has 4 aliphatic rings. The molecule has 3 fully saturated rings. The molecular weight excluding hydrogens is 356 g/mol. The molecule has 0 radical (unpaired) electrons. The zero-order chi connectivity index (χ0) is 21.0. The highest BCUT2D eigenvalue weighted by atomic mass is 16.3. The Morgan fingerprint density at radius 3 is 2.48 bits per heavy atom. The van der Waals surface area contributed by atoms with E-state index in [9.17, 15) is 10.2 Å². The second kappa shape index (κ2) is 7.66. The number of fused-ring (bicyclic) bond motifs is 5. The summed E-state index contributed by atoms with van der Waals surface area (Å²) in [7, 11) is 0. The Kier molecular flexibility index (Phi) is 5.78. The van der Waals surface area contributed by atoms with E-state index in [2.05, 4.69) is 33.8 Å². The molecule has 5 unspecified atom stereocenters. The van der Waals surface area contributed by atoms with E-state index in [-0.39, 0.29) is 6.10 Å². The Bertz CT molecular complexity index is 634. The van der Waals surface area contributed by atoms with Crippen molar-refractivity contribution in [3.05, 3.63) is 11.6 Å². The third-order valence-corrected chi connectivity index (χ3v) is 10.2. The van der Waals surface area contributed by atoms with E-state index >= 15 is 0 Å². The zero-order valence-corrected chi connectivity index (χ0v) is 19.7. The van der Waals surface area contributed by atoms with Crippen molar-refractivity contribution in [3.8, 4) is 0 Å². The molecule has 166 valence electrons. The Morgan fingerprint density at radius 1 is 1.00 bits per heavy atom. The molecule has 2 heteroatoms. The van der Waals surface area contributed by atoms with Gasteiger partial charge in [0.15, 0.2) is 0 Å². The van der Waals surface area contributed by atoms with Gasteiger partial charge in [0.1, 0.15) is 0 Å². The van der Waals surface area contributed by atoms with Crippen LogP contribution in [0.3, 0.4) is 0 Å². The maximum atomic E-state index is 10.7. The highest BCUT2D eigenvalue weighted by molar-refractivity contribution is 5.26. The topological polar surface area (TPSA) is 40.5 Å². The van der Waals surface area contributed by atoms with Gasteiger partial charge in [-0.1, -0.05) is 39.3 Å². The quantitative estimate of drug-likeness (QED) is 0.515. The first kappa shape index (κ1) is 21.9. The van der Waals surface area contributed by atoms with Gasteiger partial charge in [-0.25, -0.2) is 0 Å². The number of aliphatic hydroxyl groups is 2. The fourth-order valence-electron chi connectivity index (χ4n) is 8.27. The van der Waals surface area contributed by atoms with Crippen molar-refractivity contribution < 1.29 is 10.2 Å². The van der Waals surface area contributed by atoms with E-state index in [1.54, 1.807) is 5.57 Å². The Morgan fingerprint density at radius 2 is 1.76 bits per heavy atom.